The largest absolute Gasteiger partial charge is 0.488 e. The van der Waals surface area contributed by atoms with Gasteiger partial charge in [-0.1, -0.05) is 37.6 Å². The zero-order valence-electron chi connectivity index (χ0n) is 18.2. The van der Waals surface area contributed by atoms with Crippen molar-refractivity contribution in [2.75, 3.05) is 26.7 Å². The number of β-amino-alcohol motifs (C(OH)–C–C–N with tert-alkyl or cyclic N) is 1. The standard InChI is InChI=1S/C23H31ClN2O4S/c1-17(2)14-26(15-18-4-6-19(24)7-5-18)31(28,29)21-10-8-20(9-11-21)30-23-12-13-25(3)16-22(23)27/h4-11,17,22-23,27H,12-16H2,1-3H3/t22-,23-/m0/s1. The molecule has 1 heterocycles. The van der Waals surface area contributed by atoms with Crippen molar-refractivity contribution in [2.24, 2.45) is 5.92 Å². The van der Waals surface area contributed by atoms with Crippen molar-refractivity contribution >= 4 is 21.6 Å². The van der Waals surface area contributed by atoms with Gasteiger partial charge in [-0.25, -0.2) is 8.42 Å². The van der Waals surface area contributed by atoms with Crippen molar-refractivity contribution in [3.05, 3.63) is 59.1 Å². The number of nitrogens with zero attached hydrogens (tertiary/aromatic N) is 2. The fraction of sp³-hybridized carbons (Fsp3) is 0.478. The van der Waals surface area contributed by atoms with Gasteiger partial charge in [-0.05, 0) is 61.3 Å². The van der Waals surface area contributed by atoms with Gasteiger partial charge in [0.05, 0.1) is 4.90 Å². The molecule has 2 atom stereocenters. The quantitative estimate of drug-likeness (QED) is 0.643. The van der Waals surface area contributed by atoms with Gasteiger partial charge in [0.2, 0.25) is 10.0 Å². The molecule has 0 bridgehead atoms. The van der Waals surface area contributed by atoms with E-state index in [9.17, 15) is 13.5 Å². The molecule has 0 spiro atoms. The topological polar surface area (TPSA) is 70.1 Å². The van der Waals surface area contributed by atoms with Crippen LogP contribution >= 0.6 is 11.6 Å². The van der Waals surface area contributed by atoms with Gasteiger partial charge in [-0.2, -0.15) is 4.31 Å². The first-order valence-electron chi connectivity index (χ1n) is 10.5. The number of benzene rings is 2. The zero-order chi connectivity index (χ0) is 22.6. The Bertz CT molecular complexity index is 949. The molecule has 1 aliphatic rings. The number of likely N-dealkylation sites (tertiary alicyclic amines) is 1. The van der Waals surface area contributed by atoms with Gasteiger partial charge in [-0.15, -0.1) is 0 Å². The van der Waals surface area contributed by atoms with Crippen LogP contribution < -0.4 is 4.74 Å². The predicted molar refractivity (Wildman–Crippen MR) is 123 cm³/mol. The van der Waals surface area contributed by atoms with E-state index in [2.05, 4.69) is 4.90 Å². The number of likely N-dealkylation sites (N-methyl/N-ethyl adjacent to an activating group) is 1. The number of sulfonamides is 1. The minimum Gasteiger partial charge on any atom is -0.488 e. The van der Waals surface area contributed by atoms with E-state index in [4.69, 9.17) is 16.3 Å². The summed E-state index contributed by atoms with van der Waals surface area (Å²) in [4.78, 5) is 2.28. The summed E-state index contributed by atoms with van der Waals surface area (Å²) in [6.45, 7) is 6.08. The maximum absolute atomic E-state index is 13.3. The van der Waals surface area contributed by atoms with Crippen molar-refractivity contribution in [1.82, 2.24) is 9.21 Å². The second-order valence-electron chi connectivity index (χ2n) is 8.56. The lowest BCUT2D eigenvalue weighted by molar-refractivity contribution is -0.0182. The second-order valence-corrected chi connectivity index (χ2v) is 10.9. The highest BCUT2D eigenvalue weighted by Crippen LogP contribution is 2.25. The Morgan fingerprint density at radius 2 is 1.81 bits per heavy atom. The molecule has 2 aromatic carbocycles. The summed E-state index contributed by atoms with van der Waals surface area (Å²) in [6.07, 6.45) is -0.134. The molecule has 1 aliphatic heterocycles. The molecule has 31 heavy (non-hydrogen) atoms. The third-order valence-electron chi connectivity index (χ3n) is 5.31. The molecule has 2 aromatic rings. The van der Waals surface area contributed by atoms with Crippen LogP contribution in [0.3, 0.4) is 0 Å². The highest BCUT2D eigenvalue weighted by atomic mass is 35.5. The van der Waals surface area contributed by atoms with Crippen LogP contribution in [0.1, 0.15) is 25.8 Å². The monoisotopic (exact) mass is 466 g/mol. The number of halogens is 1. The number of piperidine rings is 1. The molecule has 1 N–H and O–H groups in total. The van der Waals surface area contributed by atoms with Gasteiger partial charge in [0, 0.05) is 31.2 Å². The van der Waals surface area contributed by atoms with Crippen LogP contribution in [-0.2, 0) is 16.6 Å². The maximum Gasteiger partial charge on any atom is 0.243 e. The van der Waals surface area contributed by atoms with Crippen LogP contribution in [0.4, 0.5) is 0 Å². The number of rotatable bonds is 8. The number of hydrogen-bond acceptors (Lipinski definition) is 5. The molecule has 0 aliphatic carbocycles. The van der Waals surface area contributed by atoms with Crippen molar-refractivity contribution in [3.63, 3.8) is 0 Å². The molecule has 1 fully saturated rings. The Labute approximate surface area is 190 Å². The lowest BCUT2D eigenvalue weighted by Gasteiger charge is -2.33. The molecule has 0 amide bonds. The number of ether oxygens (including phenoxy) is 1. The summed E-state index contributed by atoms with van der Waals surface area (Å²) in [6, 6.07) is 13.7. The van der Waals surface area contributed by atoms with E-state index < -0.39 is 16.1 Å². The van der Waals surface area contributed by atoms with Gasteiger partial charge >= 0.3 is 0 Å². The highest BCUT2D eigenvalue weighted by molar-refractivity contribution is 7.89. The molecular weight excluding hydrogens is 436 g/mol. The Morgan fingerprint density at radius 1 is 1.16 bits per heavy atom. The van der Waals surface area contributed by atoms with Crippen molar-refractivity contribution in [2.45, 2.75) is 43.9 Å². The summed E-state index contributed by atoms with van der Waals surface area (Å²) >= 11 is 5.96. The fourth-order valence-electron chi connectivity index (χ4n) is 3.67. The molecule has 3 rings (SSSR count). The van der Waals surface area contributed by atoms with Crippen LogP contribution in [0.15, 0.2) is 53.4 Å². The maximum atomic E-state index is 13.3. The van der Waals surface area contributed by atoms with E-state index in [1.54, 1.807) is 36.4 Å². The summed E-state index contributed by atoms with van der Waals surface area (Å²) in [5.74, 6) is 0.733. The first kappa shape index (κ1) is 24.0. The summed E-state index contributed by atoms with van der Waals surface area (Å²) in [5, 5.41) is 10.8. The highest BCUT2D eigenvalue weighted by Gasteiger charge is 2.28. The third-order valence-corrected chi connectivity index (χ3v) is 7.39. The SMILES string of the molecule is CC(C)CN(Cc1ccc(Cl)cc1)S(=O)(=O)c1ccc(O[C@H]2CCN(C)C[C@@H]2O)cc1. The van der Waals surface area contributed by atoms with E-state index in [0.717, 1.165) is 18.5 Å². The molecular formula is C23H31ClN2O4S. The van der Waals surface area contributed by atoms with Gasteiger partial charge in [0.25, 0.3) is 0 Å². The van der Waals surface area contributed by atoms with Gasteiger partial charge < -0.3 is 14.7 Å². The van der Waals surface area contributed by atoms with E-state index in [1.165, 1.54) is 4.31 Å². The molecule has 0 saturated carbocycles. The smallest absolute Gasteiger partial charge is 0.243 e. The minimum absolute atomic E-state index is 0.176. The summed E-state index contributed by atoms with van der Waals surface area (Å²) in [5.41, 5.74) is 0.879. The molecule has 0 radical (unpaired) electrons. The van der Waals surface area contributed by atoms with Gasteiger partial charge in [-0.3, -0.25) is 0 Å². The lowest BCUT2D eigenvalue weighted by Crippen LogP contribution is -2.47. The first-order chi connectivity index (χ1) is 14.6. The molecule has 0 unspecified atom stereocenters. The van der Waals surface area contributed by atoms with Gasteiger partial charge in [0.15, 0.2) is 0 Å². The Hall–Kier alpha value is -1.64. The van der Waals surface area contributed by atoms with Gasteiger partial charge in [0.1, 0.15) is 18.0 Å². The van der Waals surface area contributed by atoms with Crippen LogP contribution in [0.5, 0.6) is 5.75 Å². The van der Waals surface area contributed by atoms with E-state index in [0.29, 0.717) is 23.9 Å². The first-order valence-corrected chi connectivity index (χ1v) is 12.3. The number of aliphatic hydroxyl groups excluding tert-OH is 1. The van der Waals surface area contributed by atoms with Crippen molar-refractivity contribution in [3.8, 4) is 5.75 Å². The normalized spacial score (nSPS) is 20.4. The average molecular weight is 467 g/mol. The molecule has 1 saturated heterocycles. The molecule has 170 valence electrons. The minimum atomic E-state index is -3.68. The van der Waals surface area contributed by atoms with Crippen LogP contribution in [0, 0.1) is 5.92 Å². The Balaban J connectivity index is 1.75. The summed E-state index contributed by atoms with van der Waals surface area (Å²) in [7, 11) is -1.72. The van der Waals surface area contributed by atoms with Crippen molar-refractivity contribution in [1.29, 1.82) is 0 Å². The fourth-order valence-corrected chi connectivity index (χ4v) is 5.39. The Morgan fingerprint density at radius 3 is 2.39 bits per heavy atom. The van der Waals surface area contributed by atoms with E-state index in [1.807, 2.05) is 33.0 Å². The van der Waals surface area contributed by atoms with Crippen molar-refractivity contribution < 1.29 is 18.3 Å². The van der Waals surface area contributed by atoms with Crippen LogP contribution in [0.25, 0.3) is 0 Å². The zero-order valence-corrected chi connectivity index (χ0v) is 19.8. The summed E-state index contributed by atoms with van der Waals surface area (Å²) < 4.78 is 34.1. The van der Waals surface area contributed by atoms with E-state index >= 15 is 0 Å². The van der Waals surface area contributed by atoms with Crippen LogP contribution in [0.2, 0.25) is 5.02 Å². The molecule has 8 heteroatoms. The second kappa shape index (κ2) is 10.3. The third kappa shape index (κ3) is 6.43. The number of hydrogen-bond donors (Lipinski definition) is 1. The molecule has 0 aromatic heterocycles. The number of aliphatic hydroxyl groups is 1. The molecule has 6 nitrogen and oxygen atoms in total. The lowest BCUT2D eigenvalue weighted by atomic mass is 10.1. The van der Waals surface area contributed by atoms with Crippen LogP contribution in [-0.4, -0.2) is 61.6 Å². The average Bonchev–Trinajstić information content (AvgIpc) is 2.71. The van der Waals surface area contributed by atoms with E-state index in [-0.39, 0.29) is 23.5 Å². The Kier molecular flexibility index (Phi) is 7.99. The predicted octanol–water partition coefficient (Wildman–Crippen LogP) is 3.63.